The lowest BCUT2D eigenvalue weighted by Gasteiger charge is -2.09. The van der Waals surface area contributed by atoms with Crippen molar-refractivity contribution in [3.63, 3.8) is 0 Å². The van der Waals surface area contributed by atoms with E-state index in [0.717, 1.165) is 11.8 Å². The van der Waals surface area contributed by atoms with E-state index in [4.69, 9.17) is 9.84 Å². The number of nitrogens with zero attached hydrogens (tertiary/aromatic N) is 2. The lowest BCUT2D eigenvalue weighted by Crippen LogP contribution is -2.07. The lowest BCUT2D eigenvalue weighted by molar-refractivity contribution is -0.385. The summed E-state index contributed by atoms with van der Waals surface area (Å²) in [4.78, 5) is 24.4. The molecule has 1 aromatic heterocycles. The monoisotopic (exact) mass is 289 g/mol. The molecule has 8 heteroatoms. The van der Waals surface area contributed by atoms with Crippen LogP contribution in [-0.4, -0.2) is 21.1 Å². The molecule has 0 radical (unpaired) electrons. The van der Waals surface area contributed by atoms with E-state index < -0.39 is 11.0 Å². The largest absolute Gasteiger partial charge is 0.465 e. The number of amides is 1. The molecule has 0 saturated carbocycles. The number of nitrogens with one attached hydrogen (secondary N) is 1. The minimum absolute atomic E-state index is 0.139. The number of pyridine rings is 1. The number of aryl methyl sites for hydroxylation is 1. The van der Waals surface area contributed by atoms with Crippen LogP contribution in [0.15, 0.2) is 36.5 Å². The maximum Gasteiger partial charge on any atom is 0.409 e. The van der Waals surface area contributed by atoms with Crippen molar-refractivity contribution in [1.29, 1.82) is 0 Å². The Morgan fingerprint density at radius 3 is 2.71 bits per heavy atom. The molecule has 1 amide bonds. The Hall–Kier alpha value is -3.16. The number of hydrogen-bond donors (Lipinski definition) is 2. The summed E-state index contributed by atoms with van der Waals surface area (Å²) in [5.41, 5.74) is 0.983. The van der Waals surface area contributed by atoms with E-state index in [-0.39, 0.29) is 11.6 Å². The number of nitro groups is 1. The smallest absolute Gasteiger partial charge is 0.409 e. The number of carboxylic acid groups (broad SMARTS) is 1. The first-order chi connectivity index (χ1) is 9.95. The van der Waals surface area contributed by atoms with Crippen molar-refractivity contribution in [2.24, 2.45) is 0 Å². The van der Waals surface area contributed by atoms with E-state index in [1.54, 1.807) is 19.1 Å². The zero-order valence-corrected chi connectivity index (χ0v) is 10.9. The predicted octanol–water partition coefficient (Wildman–Crippen LogP) is 3.18. The van der Waals surface area contributed by atoms with Gasteiger partial charge in [-0.05, 0) is 18.6 Å². The van der Waals surface area contributed by atoms with Gasteiger partial charge in [-0.3, -0.25) is 15.4 Å². The van der Waals surface area contributed by atoms with Crippen molar-refractivity contribution in [3.8, 4) is 11.6 Å². The normalized spacial score (nSPS) is 9.95. The molecule has 0 atom stereocenters. The Morgan fingerprint density at radius 1 is 1.38 bits per heavy atom. The molecular formula is C13H11N3O5. The van der Waals surface area contributed by atoms with Crippen LogP contribution in [0.1, 0.15) is 5.56 Å². The van der Waals surface area contributed by atoms with Gasteiger partial charge in [-0.25, -0.2) is 9.78 Å². The summed E-state index contributed by atoms with van der Waals surface area (Å²) in [5.74, 6) is 0.582. The van der Waals surface area contributed by atoms with Crippen LogP contribution in [0.3, 0.4) is 0 Å². The highest BCUT2D eigenvalue weighted by Crippen LogP contribution is 2.27. The molecule has 0 aliphatic rings. The van der Waals surface area contributed by atoms with E-state index in [1.165, 1.54) is 18.2 Å². The van der Waals surface area contributed by atoms with Crippen LogP contribution in [0.4, 0.5) is 16.2 Å². The van der Waals surface area contributed by atoms with Crippen LogP contribution < -0.4 is 10.1 Å². The van der Waals surface area contributed by atoms with E-state index in [0.29, 0.717) is 11.4 Å². The van der Waals surface area contributed by atoms with Gasteiger partial charge in [0, 0.05) is 23.9 Å². The quantitative estimate of drug-likeness (QED) is 0.659. The van der Waals surface area contributed by atoms with Crippen LogP contribution in [0.2, 0.25) is 0 Å². The molecule has 0 bridgehead atoms. The molecule has 0 aliphatic carbocycles. The molecule has 2 N–H and O–H groups in total. The van der Waals surface area contributed by atoms with E-state index in [1.807, 2.05) is 0 Å². The van der Waals surface area contributed by atoms with Gasteiger partial charge in [-0.15, -0.1) is 0 Å². The summed E-state index contributed by atoms with van der Waals surface area (Å²) < 4.78 is 5.50. The minimum Gasteiger partial charge on any atom is -0.465 e. The van der Waals surface area contributed by atoms with Crippen LogP contribution in [0.5, 0.6) is 11.6 Å². The van der Waals surface area contributed by atoms with Crippen molar-refractivity contribution in [2.75, 3.05) is 5.32 Å². The van der Waals surface area contributed by atoms with Gasteiger partial charge in [0.15, 0.2) is 0 Å². The molecule has 0 saturated heterocycles. The van der Waals surface area contributed by atoms with E-state index in [9.17, 15) is 14.9 Å². The SMILES string of the molecule is Cc1ccc(NC(=O)O)cc1Oc1ccc([N+](=O)[O-])cn1. The van der Waals surface area contributed by atoms with E-state index >= 15 is 0 Å². The molecular weight excluding hydrogens is 278 g/mol. The average molecular weight is 289 g/mol. The average Bonchev–Trinajstić information content (AvgIpc) is 2.42. The van der Waals surface area contributed by atoms with Crippen molar-refractivity contribution in [2.45, 2.75) is 6.92 Å². The van der Waals surface area contributed by atoms with Gasteiger partial charge < -0.3 is 9.84 Å². The zero-order valence-electron chi connectivity index (χ0n) is 10.9. The third-order valence-corrected chi connectivity index (χ3v) is 2.59. The highest BCUT2D eigenvalue weighted by Gasteiger charge is 2.09. The highest BCUT2D eigenvalue weighted by molar-refractivity contribution is 5.83. The summed E-state index contributed by atoms with van der Waals surface area (Å²) in [6.07, 6.45) is -0.0948. The van der Waals surface area contributed by atoms with Crippen LogP contribution in [0.25, 0.3) is 0 Å². The van der Waals surface area contributed by atoms with Gasteiger partial charge in [-0.2, -0.15) is 0 Å². The maximum atomic E-state index is 10.6. The second-order valence-corrected chi connectivity index (χ2v) is 4.12. The summed E-state index contributed by atoms with van der Waals surface area (Å²) in [5, 5.41) is 21.4. The minimum atomic E-state index is -1.18. The van der Waals surface area contributed by atoms with Crippen molar-refractivity contribution in [3.05, 3.63) is 52.2 Å². The van der Waals surface area contributed by atoms with Gasteiger partial charge in [-0.1, -0.05) is 6.07 Å². The molecule has 0 unspecified atom stereocenters. The van der Waals surface area contributed by atoms with Gasteiger partial charge in [0.05, 0.1) is 4.92 Å². The van der Waals surface area contributed by atoms with Gasteiger partial charge in [0.1, 0.15) is 11.9 Å². The number of hydrogen-bond acceptors (Lipinski definition) is 5. The second kappa shape index (κ2) is 5.87. The number of aromatic nitrogens is 1. The Balaban J connectivity index is 2.21. The number of ether oxygens (including phenoxy) is 1. The number of rotatable bonds is 4. The van der Waals surface area contributed by atoms with E-state index in [2.05, 4.69) is 10.3 Å². The Morgan fingerprint density at radius 2 is 2.14 bits per heavy atom. The lowest BCUT2D eigenvalue weighted by atomic mass is 10.2. The molecule has 21 heavy (non-hydrogen) atoms. The van der Waals surface area contributed by atoms with Gasteiger partial charge in [0.2, 0.25) is 5.88 Å². The fourth-order valence-electron chi connectivity index (χ4n) is 1.56. The Kier molecular flexibility index (Phi) is 3.98. The molecule has 2 rings (SSSR count). The third kappa shape index (κ3) is 3.66. The fraction of sp³-hybridized carbons (Fsp3) is 0.0769. The Bertz CT molecular complexity index is 685. The first-order valence-electron chi connectivity index (χ1n) is 5.84. The van der Waals surface area contributed by atoms with Crippen LogP contribution >= 0.6 is 0 Å². The standard InChI is InChI=1S/C13H11N3O5/c1-8-2-3-9(15-13(17)18)6-11(8)21-12-5-4-10(7-14-12)16(19)20/h2-7,15H,1H3,(H,17,18). The van der Waals surface area contributed by atoms with Crippen LogP contribution in [-0.2, 0) is 0 Å². The Labute approximate surface area is 119 Å². The third-order valence-electron chi connectivity index (χ3n) is 2.59. The summed E-state index contributed by atoms with van der Waals surface area (Å²) in [6, 6.07) is 7.43. The topological polar surface area (TPSA) is 115 Å². The molecule has 2 aromatic rings. The van der Waals surface area contributed by atoms with Crippen molar-refractivity contribution >= 4 is 17.5 Å². The van der Waals surface area contributed by atoms with Gasteiger partial charge >= 0.3 is 6.09 Å². The summed E-state index contributed by atoms with van der Waals surface area (Å²) in [6.45, 7) is 1.78. The van der Waals surface area contributed by atoms with Crippen molar-refractivity contribution in [1.82, 2.24) is 4.98 Å². The summed E-state index contributed by atoms with van der Waals surface area (Å²) in [7, 11) is 0. The highest BCUT2D eigenvalue weighted by atomic mass is 16.6. The zero-order chi connectivity index (χ0) is 15.4. The molecule has 1 heterocycles. The molecule has 108 valence electrons. The number of carbonyl (C=O) groups is 1. The summed E-state index contributed by atoms with van der Waals surface area (Å²) >= 11 is 0. The molecule has 0 aliphatic heterocycles. The number of benzene rings is 1. The maximum absolute atomic E-state index is 10.6. The van der Waals surface area contributed by atoms with Crippen LogP contribution in [0, 0.1) is 17.0 Å². The molecule has 8 nitrogen and oxygen atoms in total. The van der Waals surface area contributed by atoms with Gasteiger partial charge in [0.25, 0.3) is 5.69 Å². The first kappa shape index (κ1) is 14.3. The molecule has 1 aromatic carbocycles. The number of anilines is 1. The molecule has 0 spiro atoms. The first-order valence-corrected chi connectivity index (χ1v) is 5.84. The predicted molar refractivity (Wildman–Crippen MR) is 73.8 cm³/mol. The molecule has 0 fully saturated rings. The second-order valence-electron chi connectivity index (χ2n) is 4.12. The fourth-order valence-corrected chi connectivity index (χ4v) is 1.56. The van der Waals surface area contributed by atoms with Crippen molar-refractivity contribution < 1.29 is 19.6 Å².